The van der Waals surface area contributed by atoms with Gasteiger partial charge in [-0.1, -0.05) is 30.3 Å². The summed E-state index contributed by atoms with van der Waals surface area (Å²) in [6.45, 7) is 2.91. The van der Waals surface area contributed by atoms with Crippen molar-refractivity contribution in [2.45, 2.75) is 25.4 Å². The van der Waals surface area contributed by atoms with Crippen LogP contribution in [0.5, 0.6) is 11.5 Å². The number of urea groups is 1. The van der Waals surface area contributed by atoms with E-state index in [1.807, 2.05) is 6.07 Å². The van der Waals surface area contributed by atoms with Gasteiger partial charge in [-0.05, 0) is 30.5 Å². The summed E-state index contributed by atoms with van der Waals surface area (Å²) in [5.41, 5.74) is 1.92. The predicted molar refractivity (Wildman–Crippen MR) is 106 cm³/mol. The van der Waals surface area contributed by atoms with Crippen LogP contribution in [0.25, 0.3) is 0 Å². The fraction of sp³-hybridized carbons (Fsp3) is 0.381. The van der Waals surface area contributed by atoms with E-state index >= 15 is 0 Å². The van der Waals surface area contributed by atoms with Gasteiger partial charge in [0, 0.05) is 31.7 Å². The molecule has 1 saturated heterocycles. The van der Waals surface area contributed by atoms with Crippen molar-refractivity contribution in [1.29, 1.82) is 0 Å². The van der Waals surface area contributed by atoms with Crippen molar-refractivity contribution in [2.24, 2.45) is 0 Å². The second kappa shape index (κ2) is 9.28. The van der Waals surface area contributed by atoms with Crippen LogP contribution in [-0.2, 0) is 6.54 Å². The highest BCUT2D eigenvalue weighted by molar-refractivity contribution is 5.91. The highest BCUT2D eigenvalue weighted by Crippen LogP contribution is 2.28. The van der Waals surface area contributed by atoms with Crippen LogP contribution in [0.3, 0.4) is 0 Å². The highest BCUT2D eigenvalue weighted by Gasteiger charge is 2.21. The average Bonchev–Trinajstić information content (AvgIpc) is 2.70. The molecule has 3 rings (SSSR count). The normalized spacial score (nSPS) is 15.2. The molecular weight excluding hydrogens is 342 g/mol. The number of nitrogens with zero attached hydrogens (tertiary/aromatic N) is 1. The summed E-state index contributed by atoms with van der Waals surface area (Å²) in [5, 5.41) is 5.93. The fourth-order valence-corrected chi connectivity index (χ4v) is 3.33. The number of nitrogens with one attached hydrogen (secondary N) is 2. The number of carbonyl (C=O) groups is 1. The molecule has 1 aliphatic rings. The van der Waals surface area contributed by atoms with Crippen LogP contribution in [0.2, 0.25) is 0 Å². The zero-order chi connectivity index (χ0) is 19.1. The van der Waals surface area contributed by atoms with Crippen molar-refractivity contribution in [3.8, 4) is 11.5 Å². The summed E-state index contributed by atoms with van der Waals surface area (Å²) in [6, 6.07) is 15.8. The number of ether oxygens (including phenoxy) is 2. The maximum atomic E-state index is 12.4. The van der Waals surface area contributed by atoms with Gasteiger partial charge >= 0.3 is 6.03 Å². The lowest BCUT2D eigenvalue weighted by molar-refractivity contribution is 0.190. The fourth-order valence-electron chi connectivity index (χ4n) is 3.33. The second-order valence-electron chi connectivity index (χ2n) is 6.70. The molecule has 2 aromatic rings. The number of hydrogen-bond donors (Lipinski definition) is 2. The Bertz CT molecular complexity index is 744. The third-order valence-electron chi connectivity index (χ3n) is 4.83. The SMILES string of the molecule is COc1ccc(OC)c(NC(=O)NC2CCN(Cc3ccccc3)CC2)c1. The summed E-state index contributed by atoms with van der Waals surface area (Å²) < 4.78 is 10.5. The first kappa shape index (κ1) is 19.0. The topological polar surface area (TPSA) is 62.8 Å². The lowest BCUT2D eigenvalue weighted by Crippen LogP contribution is -2.45. The van der Waals surface area contributed by atoms with Gasteiger partial charge in [0.15, 0.2) is 0 Å². The lowest BCUT2D eigenvalue weighted by atomic mass is 10.0. The lowest BCUT2D eigenvalue weighted by Gasteiger charge is -2.32. The molecule has 1 aliphatic heterocycles. The van der Waals surface area contributed by atoms with Crippen LogP contribution in [0.15, 0.2) is 48.5 Å². The van der Waals surface area contributed by atoms with Crippen molar-refractivity contribution in [3.63, 3.8) is 0 Å². The van der Waals surface area contributed by atoms with E-state index in [0.717, 1.165) is 32.5 Å². The zero-order valence-corrected chi connectivity index (χ0v) is 15.9. The van der Waals surface area contributed by atoms with Crippen LogP contribution in [0.4, 0.5) is 10.5 Å². The Morgan fingerprint density at radius 2 is 1.81 bits per heavy atom. The predicted octanol–water partition coefficient (Wildman–Crippen LogP) is 3.49. The minimum atomic E-state index is -0.219. The number of likely N-dealkylation sites (tertiary alicyclic amines) is 1. The van der Waals surface area contributed by atoms with Gasteiger partial charge < -0.3 is 20.1 Å². The molecule has 1 heterocycles. The summed E-state index contributed by atoms with van der Waals surface area (Å²) >= 11 is 0. The zero-order valence-electron chi connectivity index (χ0n) is 15.9. The van der Waals surface area contributed by atoms with Crippen molar-refractivity contribution < 1.29 is 14.3 Å². The summed E-state index contributed by atoms with van der Waals surface area (Å²) in [4.78, 5) is 14.8. The Labute approximate surface area is 160 Å². The molecule has 0 aliphatic carbocycles. The molecule has 27 heavy (non-hydrogen) atoms. The number of rotatable bonds is 6. The molecule has 6 heteroatoms. The number of hydrogen-bond acceptors (Lipinski definition) is 4. The molecule has 144 valence electrons. The first-order valence-corrected chi connectivity index (χ1v) is 9.23. The molecule has 2 N–H and O–H groups in total. The standard InChI is InChI=1S/C21H27N3O3/c1-26-18-8-9-20(27-2)19(14-18)23-21(25)22-17-10-12-24(13-11-17)15-16-6-4-3-5-7-16/h3-9,14,17H,10-13,15H2,1-2H3,(H2,22,23,25). The number of piperidine rings is 1. The molecule has 1 fully saturated rings. The first-order chi connectivity index (χ1) is 13.2. The average molecular weight is 369 g/mol. The summed E-state index contributed by atoms with van der Waals surface area (Å²) in [6.07, 6.45) is 1.88. The van der Waals surface area contributed by atoms with Crippen LogP contribution in [0.1, 0.15) is 18.4 Å². The third kappa shape index (κ3) is 5.37. The summed E-state index contributed by atoms with van der Waals surface area (Å²) in [7, 11) is 3.17. The number of carbonyl (C=O) groups excluding carboxylic acids is 1. The quantitative estimate of drug-likeness (QED) is 0.818. The van der Waals surface area contributed by atoms with Crippen LogP contribution in [-0.4, -0.2) is 44.3 Å². The molecule has 0 radical (unpaired) electrons. The Kier molecular flexibility index (Phi) is 6.54. The van der Waals surface area contributed by atoms with Gasteiger partial charge in [-0.2, -0.15) is 0 Å². The molecule has 0 unspecified atom stereocenters. The van der Waals surface area contributed by atoms with E-state index in [9.17, 15) is 4.79 Å². The van der Waals surface area contributed by atoms with Gasteiger partial charge in [0.2, 0.25) is 0 Å². The summed E-state index contributed by atoms with van der Waals surface area (Å²) in [5.74, 6) is 1.27. The Morgan fingerprint density at radius 3 is 2.48 bits per heavy atom. The monoisotopic (exact) mass is 369 g/mol. The van der Waals surface area contributed by atoms with Crippen LogP contribution in [0, 0.1) is 0 Å². The molecule has 0 bridgehead atoms. The number of amides is 2. The Morgan fingerprint density at radius 1 is 1.07 bits per heavy atom. The van der Waals surface area contributed by atoms with Crippen molar-refractivity contribution >= 4 is 11.7 Å². The first-order valence-electron chi connectivity index (χ1n) is 9.23. The van der Waals surface area contributed by atoms with E-state index in [1.54, 1.807) is 32.4 Å². The minimum absolute atomic E-state index is 0.175. The smallest absolute Gasteiger partial charge is 0.319 e. The molecule has 0 aromatic heterocycles. The van der Waals surface area contributed by atoms with Crippen molar-refractivity contribution in [2.75, 3.05) is 32.6 Å². The van der Waals surface area contributed by atoms with Gasteiger partial charge in [0.25, 0.3) is 0 Å². The van der Waals surface area contributed by atoms with E-state index < -0.39 is 0 Å². The van der Waals surface area contributed by atoms with Crippen LogP contribution >= 0.6 is 0 Å². The molecule has 0 saturated carbocycles. The number of anilines is 1. The molecule has 6 nitrogen and oxygen atoms in total. The van der Waals surface area contributed by atoms with Gasteiger partial charge in [-0.15, -0.1) is 0 Å². The van der Waals surface area contributed by atoms with E-state index in [1.165, 1.54) is 5.56 Å². The van der Waals surface area contributed by atoms with E-state index in [4.69, 9.17) is 9.47 Å². The Balaban J connectivity index is 1.48. The molecule has 2 aromatic carbocycles. The Hall–Kier alpha value is -2.73. The van der Waals surface area contributed by atoms with Gasteiger partial charge in [-0.25, -0.2) is 4.79 Å². The largest absolute Gasteiger partial charge is 0.497 e. The van der Waals surface area contributed by atoms with Gasteiger partial charge in [0.1, 0.15) is 11.5 Å². The maximum Gasteiger partial charge on any atom is 0.319 e. The van der Waals surface area contributed by atoms with E-state index in [0.29, 0.717) is 17.2 Å². The van der Waals surface area contributed by atoms with Crippen molar-refractivity contribution in [3.05, 3.63) is 54.1 Å². The van der Waals surface area contributed by atoms with E-state index in [-0.39, 0.29) is 12.1 Å². The second-order valence-corrected chi connectivity index (χ2v) is 6.70. The minimum Gasteiger partial charge on any atom is -0.497 e. The van der Waals surface area contributed by atoms with Crippen molar-refractivity contribution in [1.82, 2.24) is 10.2 Å². The maximum absolute atomic E-state index is 12.4. The molecular formula is C21H27N3O3. The van der Waals surface area contributed by atoms with E-state index in [2.05, 4.69) is 39.8 Å². The molecule has 0 atom stereocenters. The third-order valence-corrected chi connectivity index (χ3v) is 4.83. The van der Waals surface area contributed by atoms with Crippen LogP contribution < -0.4 is 20.1 Å². The molecule has 0 spiro atoms. The number of benzene rings is 2. The van der Waals surface area contributed by atoms with Gasteiger partial charge in [0.05, 0.1) is 19.9 Å². The number of methoxy groups -OCH3 is 2. The van der Waals surface area contributed by atoms with Gasteiger partial charge in [-0.3, -0.25) is 4.90 Å². The molecule has 2 amide bonds. The highest BCUT2D eigenvalue weighted by atomic mass is 16.5.